The zero-order valence-electron chi connectivity index (χ0n) is 9.83. The summed E-state index contributed by atoms with van der Waals surface area (Å²) >= 11 is 1.95. The molecule has 1 fully saturated rings. The first-order valence-electron chi connectivity index (χ1n) is 5.87. The molecular weight excluding hydrogens is 206 g/mol. The molecule has 4 heteroatoms. The molecular formula is C11H23N3S. The highest BCUT2D eigenvalue weighted by atomic mass is 32.2. The lowest BCUT2D eigenvalue weighted by Crippen LogP contribution is -2.47. The van der Waals surface area contributed by atoms with E-state index < -0.39 is 0 Å². The minimum atomic E-state index is 0.523. The average molecular weight is 229 g/mol. The molecule has 0 spiro atoms. The maximum atomic E-state index is 5.84. The first-order chi connectivity index (χ1) is 7.27. The Morgan fingerprint density at radius 3 is 2.87 bits per heavy atom. The molecule has 88 valence electrons. The number of thioether (sulfide) groups is 1. The van der Waals surface area contributed by atoms with Crippen molar-refractivity contribution in [2.45, 2.75) is 50.3 Å². The number of nitrogens with two attached hydrogens (primary N) is 1. The molecule has 0 aromatic rings. The highest BCUT2D eigenvalue weighted by Gasteiger charge is 2.24. The van der Waals surface area contributed by atoms with E-state index in [4.69, 9.17) is 5.73 Å². The molecule has 3 nitrogen and oxygen atoms in total. The molecule has 1 saturated carbocycles. The fourth-order valence-electron chi connectivity index (χ4n) is 2.01. The molecule has 0 aliphatic heterocycles. The van der Waals surface area contributed by atoms with Gasteiger partial charge in [0.05, 0.1) is 0 Å². The number of hydrogen-bond donors (Lipinski definition) is 2. The van der Waals surface area contributed by atoms with Crippen molar-refractivity contribution in [1.82, 2.24) is 5.32 Å². The lowest BCUT2D eigenvalue weighted by Gasteiger charge is -2.31. The summed E-state index contributed by atoms with van der Waals surface area (Å²) in [5.74, 6) is 0.628. The van der Waals surface area contributed by atoms with Crippen LogP contribution in [0.1, 0.15) is 39.0 Å². The van der Waals surface area contributed by atoms with Crippen LogP contribution in [0.25, 0.3) is 0 Å². The third-order valence-electron chi connectivity index (χ3n) is 2.84. The van der Waals surface area contributed by atoms with E-state index in [2.05, 4.69) is 23.5 Å². The van der Waals surface area contributed by atoms with Gasteiger partial charge in [0, 0.05) is 17.8 Å². The van der Waals surface area contributed by atoms with E-state index in [1.807, 2.05) is 11.8 Å². The van der Waals surface area contributed by atoms with E-state index in [0.717, 1.165) is 13.0 Å². The monoisotopic (exact) mass is 229 g/mol. The standard InChI is InChI=1S/C11H23N3S/c1-3-8-13-11(12)14-9-6-4-5-7-10(9)15-2/h9-10H,3-8H2,1-2H3,(H3,12,13,14). The Morgan fingerprint density at radius 2 is 2.20 bits per heavy atom. The summed E-state index contributed by atoms with van der Waals surface area (Å²) in [5, 5.41) is 4.06. The summed E-state index contributed by atoms with van der Waals surface area (Å²) in [4.78, 5) is 4.28. The second-order valence-electron chi connectivity index (χ2n) is 4.08. The Bertz CT molecular complexity index is 206. The minimum Gasteiger partial charge on any atom is -0.370 e. The van der Waals surface area contributed by atoms with Gasteiger partial charge in [-0.3, -0.25) is 4.99 Å². The summed E-state index contributed by atoms with van der Waals surface area (Å²) in [5.41, 5.74) is 5.84. The van der Waals surface area contributed by atoms with Crippen molar-refractivity contribution in [3.8, 4) is 0 Å². The molecule has 2 atom stereocenters. The van der Waals surface area contributed by atoms with Crippen LogP contribution in [0.4, 0.5) is 0 Å². The van der Waals surface area contributed by atoms with Crippen molar-refractivity contribution in [2.24, 2.45) is 10.7 Å². The first-order valence-corrected chi connectivity index (χ1v) is 7.16. The highest BCUT2D eigenvalue weighted by molar-refractivity contribution is 7.99. The van der Waals surface area contributed by atoms with Gasteiger partial charge in [0.1, 0.15) is 0 Å². The lowest BCUT2D eigenvalue weighted by atomic mass is 9.95. The Hall–Kier alpha value is -0.380. The summed E-state index contributed by atoms with van der Waals surface area (Å²) in [6.45, 7) is 2.94. The molecule has 0 saturated heterocycles. The maximum absolute atomic E-state index is 5.84. The number of guanidine groups is 1. The predicted octanol–water partition coefficient (Wildman–Crippen LogP) is 1.97. The van der Waals surface area contributed by atoms with Gasteiger partial charge in [-0.1, -0.05) is 19.8 Å². The second-order valence-corrected chi connectivity index (χ2v) is 5.15. The van der Waals surface area contributed by atoms with Crippen molar-refractivity contribution >= 4 is 17.7 Å². The summed E-state index contributed by atoms with van der Waals surface area (Å²) in [7, 11) is 0. The van der Waals surface area contributed by atoms with Gasteiger partial charge in [-0.2, -0.15) is 11.8 Å². The number of rotatable bonds is 4. The SMILES string of the molecule is CCCN=C(N)NC1CCCCC1SC. The Morgan fingerprint density at radius 1 is 1.47 bits per heavy atom. The molecule has 0 heterocycles. The first kappa shape index (κ1) is 12.7. The van der Waals surface area contributed by atoms with Gasteiger partial charge in [0.2, 0.25) is 0 Å². The minimum absolute atomic E-state index is 0.523. The fourth-order valence-corrected chi connectivity index (χ4v) is 2.95. The fraction of sp³-hybridized carbons (Fsp3) is 0.909. The zero-order chi connectivity index (χ0) is 11.1. The largest absolute Gasteiger partial charge is 0.370 e. The second kappa shape index (κ2) is 6.99. The van der Waals surface area contributed by atoms with E-state index in [0.29, 0.717) is 17.3 Å². The topological polar surface area (TPSA) is 50.4 Å². The molecule has 0 aromatic carbocycles. The van der Waals surface area contributed by atoms with Gasteiger partial charge in [0.25, 0.3) is 0 Å². The summed E-state index contributed by atoms with van der Waals surface area (Å²) in [6.07, 6.45) is 8.45. The Labute approximate surface area is 97.3 Å². The molecule has 3 N–H and O–H groups in total. The van der Waals surface area contributed by atoms with Gasteiger partial charge >= 0.3 is 0 Å². The van der Waals surface area contributed by atoms with Crippen LogP contribution in [0.3, 0.4) is 0 Å². The van der Waals surface area contributed by atoms with Crippen LogP contribution in [0.5, 0.6) is 0 Å². The number of hydrogen-bond acceptors (Lipinski definition) is 2. The van der Waals surface area contributed by atoms with Crippen LogP contribution in [-0.4, -0.2) is 30.1 Å². The molecule has 1 rings (SSSR count). The molecule has 0 aromatic heterocycles. The summed E-state index contributed by atoms with van der Waals surface area (Å²) in [6, 6.07) is 0.523. The Balaban J connectivity index is 2.40. The quantitative estimate of drug-likeness (QED) is 0.572. The Kier molecular flexibility index (Phi) is 5.91. The maximum Gasteiger partial charge on any atom is 0.188 e. The van der Waals surface area contributed by atoms with Crippen LogP contribution < -0.4 is 11.1 Å². The van der Waals surface area contributed by atoms with E-state index in [1.165, 1.54) is 25.7 Å². The lowest BCUT2D eigenvalue weighted by molar-refractivity contribution is 0.424. The molecule has 15 heavy (non-hydrogen) atoms. The van der Waals surface area contributed by atoms with Gasteiger partial charge in [0.15, 0.2) is 5.96 Å². The van der Waals surface area contributed by atoms with Crippen molar-refractivity contribution in [3.63, 3.8) is 0 Å². The molecule has 1 aliphatic carbocycles. The van der Waals surface area contributed by atoms with E-state index in [-0.39, 0.29) is 0 Å². The number of aliphatic imine (C=N–C) groups is 1. The molecule has 2 unspecified atom stereocenters. The summed E-state index contributed by atoms with van der Waals surface area (Å²) < 4.78 is 0. The van der Waals surface area contributed by atoms with Crippen molar-refractivity contribution in [2.75, 3.05) is 12.8 Å². The van der Waals surface area contributed by atoms with Gasteiger partial charge in [-0.25, -0.2) is 0 Å². The average Bonchev–Trinajstić information content (AvgIpc) is 2.27. The van der Waals surface area contributed by atoms with E-state index in [9.17, 15) is 0 Å². The normalized spacial score (nSPS) is 27.7. The third-order valence-corrected chi connectivity index (χ3v) is 4.01. The van der Waals surface area contributed by atoms with Gasteiger partial charge < -0.3 is 11.1 Å². The molecule has 0 bridgehead atoms. The van der Waals surface area contributed by atoms with Crippen molar-refractivity contribution < 1.29 is 0 Å². The molecule has 0 amide bonds. The number of nitrogens with zero attached hydrogens (tertiary/aromatic N) is 1. The van der Waals surface area contributed by atoms with Crippen molar-refractivity contribution in [3.05, 3.63) is 0 Å². The number of nitrogens with one attached hydrogen (secondary N) is 1. The van der Waals surface area contributed by atoms with Crippen LogP contribution in [-0.2, 0) is 0 Å². The van der Waals surface area contributed by atoms with Crippen LogP contribution in [0.15, 0.2) is 4.99 Å². The highest BCUT2D eigenvalue weighted by Crippen LogP contribution is 2.26. The molecule has 0 radical (unpaired) electrons. The third kappa shape index (κ3) is 4.33. The zero-order valence-corrected chi connectivity index (χ0v) is 10.6. The van der Waals surface area contributed by atoms with Gasteiger partial charge in [-0.05, 0) is 25.5 Å². The smallest absolute Gasteiger partial charge is 0.188 e. The van der Waals surface area contributed by atoms with Crippen molar-refractivity contribution in [1.29, 1.82) is 0 Å². The van der Waals surface area contributed by atoms with Gasteiger partial charge in [-0.15, -0.1) is 0 Å². The molecule has 1 aliphatic rings. The predicted molar refractivity (Wildman–Crippen MR) is 69.5 cm³/mol. The van der Waals surface area contributed by atoms with E-state index in [1.54, 1.807) is 0 Å². The van der Waals surface area contributed by atoms with E-state index >= 15 is 0 Å². The van der Waals surface area contributed by atoms with Crippen LogP contribution in [0, 0.1) is 0 Å². The van der Waals surface area contributed by atoms with Crippen LogP contribution in [0.2, 0.25) is 0 Å². The van der Waals surface area contributed by atoms with Crippen LogP contribution >= 0.6 is 11.8 Å².